The first-order valence-corrected chi connectivity index (χ1v) is 22.7. The van der Waals surface area contributed by atoms with Crippen molar-refractivity contribution in [2.75, 3.05) is 9.80 Å². The van der Waals surface area contributed by atoms with Crippen LogP contribution in [-0.2, 0) is 5.41 Å². The Labute approximate surface area is 385 Å². The molecule has 12 aromatic rings. The minimum atomic E-state index is -0.570. The second-order valence-electron chi connectivity index (χ2n) is 17.6. The number of hydrogen-bond donors (Lipinski definition) is 0. The van der Waals surface area contributed by atoms with Crippen molar-refractivity contribution in [2.45, 2.75) is 5.41 Å². The summed E-state index contributed by atoms with van der Waals surface area (Å²) in [5, 5.41) is 7.31. The van der Waals surface area contributed by atoms with E-state index in [1.54, 1.807) is 24.4 Å². The Morgan fingerprint density at radius 2 is 0.881 bits per heavy atom. The monoisotopic (exact) mass is 861 g/mol. The molecule has 2 aliphatic rings. The zero-order valence-corrected chi connectivity index (χ0v) is 36.0. The van der Waals surface area contributed by atoms with Crippen molar-refractivity contribution in [1.82, 2.24) is 4.98 Å². The molecule has 1 aromatic heterocycles. The molecule has 67 heavy (non-hydrogen) atoms. The quantitative estimate of drug-likeness (QED) is 0.155. The maximum absolute atomic E-state index is 16.9. The largest absolute Gasteiger partial charge is 0.306 e. The molecule has 0 amide bonds. The molecule has 0 atom stereocenters. The summed E-state index contributed by atoms with van der Waals surface area (Å²) in [6, 6.07) is 74.4. The van der Waals surface area contributed by atoms with Gasteiger partial charge in [0.1, 0.15) is 5.82 Å². The van der Waals surface area contributed by atoms with Gasteiger partial charge in [-0.05, 0) is 103 Å². The third-order valence-corrected chi connectivity index (χ3v) is 14.4. The summed E-state index contributed by atoms with van der Waals surface area (Å²) in [5.74, 6) is -0.498. The predicted octanol–water partition coefficient (Wildman–Crippen LogP) is 16.7. The van der Waals surface area contributed by atoms with Crippen molar-refractivity contribution in [3.05, 3.63) is 258 Å². The highest BCUT2D eigenvalue weighted by Crippen LogP contribution is 2.65. The van der Waals surface area contributed by atoms with Gasteiger partial charge in [-0.1, -0.05) is 176 Å². The summed E-state index contributed by atoms with van der Waals surface area (Å²) >= 11 is 0. The number of halogens is 2. The summed E-state index contributed by atoms with van der Waals surface area (Å²) in [7, 11) is 0. The van der Waals surface area contributed by atoms with Gasteiger partial charge in [-0.2, -0.15) is 0 Å². The highest BCUT2D eigenvalue weighted by molar-refractivity contribution is 6.28. The number of fused-ring (bicyclic) bond motifs is 11. The molecule has 2 aliphatic carbocycles. The van der Waals surface area contributed by atoms with Crippen LogP contribution in [0, 0.1) is 11.6 Å². The second-order valence-corrected chi connectivity index (χ2v) is 17.6. The van der Waals surface area contributed by atoms with E-state index in [9.17, 15) is 0 Å². The van der Waals surface area contributed by atoms with Gasteiger partial charge in [0.25, 0.3) is 0 Å². The molecule has 3 nitrogen and oxygen atoms in total. The van der Waals surface area contributed by atoms with Gasteiger partial charge in [-0.25, -0.2) is 13.8 Å². The SMILES string of the molecule is Fc1ccccc1N(c1cccc2c1-c1ccccc1C21c2ccccc2-c2ccccc21)c1ccc2ccc3c(N(c4ccccc4)c4ncc5ccccc5c4F)ccc4ccc1c2c43. The predicted molar refractivity (Wildman–Crippen MR) is 271 cm³/mol. The summed E-state index contributed by atoms with van der Waals surface area (Å²) < 4.78 is 33.7. The highest BCUT2D eigenvalue weighted by Gasteiger charge is 2.52. The van der Waals surface area contributed by atoms with E-state index in [-0.39, 0.29) is 11.6 Å². The first kappa shape index (κ1) is 37.7. The lowest BCUT2D eigenvalue weighted by molar-refractivity contribution is 0.629. The molecule has 0 saturated heterocycles. The molecular formula is C62H37F2N3. The number of nitrogens with zero attached hydrogens (tertiary/aromatic N) is 3. The fraction of sp³-hybridized carbons (Fsp3) is 0.0161. The second kappa shape index (κ2) is 14.2. The Hall–Kier alpha value is -8.67. The van der Waals surface area contributed by atoms with Crippen LogP contribution in [-0.4, -0.2) is 4.98 Å². The van der Waals surface area contributed by atoms with Crippen LogP contribution in [0.5, 0.6) is 0 Å². The third kappa shape index (κ3) is 5.11. The Morgan fingerprint density at radius 1 is 0.358 bits per heavy atom. The van der Waals surface area contributed by atoms with Crippen molar-refractivity contribution in [3.8, 4) is 22.3 Å². The standard InChI is InChI=1S/C62H37F2N3/c63-52-26-12-13-27-55(52)67(56-28-14-25-51-59(56)45-21-8-11-24-50(45)62(51)48-22-9-6-19-43(48)44-20-7-10-23-49(44)62)54-36-32-39-29-33-46-53(35-31-38-30-34-47(54)58(39)57(38)46)66(41-16-2-1-3-17-41)61-60(64)42-18-5-4-15-40(42)37-65-61/h1-37H. The van der Waals surface area contributed by atoms with E-state index in [2.05, 4.69) is 144 Å². The normalized spacial score (nSPS) is 13.0. The Bertz CT molecular complexity index is 3950. The molecule has 0 fully saturated rings. The molecule has 11 aromatic carbocycles. The van der Waals surface area contributed by atoms with Gasteiger partial charge >= 0.3 is 0 Å². The summed E-state index contributed by atoms with van der Waals surface area (Å²) in [5.41, 5.74) is 12.7. The van der Waals surface area contributed by atoms with Crippen molar-refractivity contribution < 1.29 is 8.78 Å². The van der Waals surface area contributed by atoms with Gasteiger partial charge in [0.15, 0.2) is 11.6 Å². The van der Waals surface area contributed by atoms with Crippen LogP contribution in [0.1, 0.15) is 22.3 Å². The molecule has 1 heterocycles. The molecule has 5 heteroatoms. The molecule has 0 bridgehead atoms. The maximum atomic E-state index is 16.9. The molecular weight excluding hydrogens is 825 g/mol. The molecule has 14 rings (SSSR count). The Kier molecular flexibility index (Phi) is 7.97. The van der Waals surface area contributed by atoms with Crippen LogP contribution in [0.2, 0.25) is 0 Å². The molecule has 0 saturated carbocycles. The molecule has 0 radical (unpaired) electrons. The maximum Gasteiger partial charge on any atom is 0.174 e. The summed E-state index contributed by atoms with van der Waals surface area (Å²) in [6.07, 6.45) is 1.74. The smallest absolute Gasteiger partial charge is 0.174 e. The topological polar surface area (TPSA) is 19.4 Å². The van der Waals surface area contributed by atoms with Gasteiger partial charge in [-0.3, -0.25) is 4.90 Å². The minimum absolute atomic E-state index is 0.217. The van der Waals surface area contributed by atoms with Gasteiger partial charge in [0.05, 0.1) is 28.2 Å². The van der Waals surface area contributed by atoms with E-state index in [0.29, 0.717) is 11.1 Å². The lowest BCUT2D eigenvalue weighted by Crippen LogP contribution is -2.26. The average molecular weight is 862 g/mol. The van der Waals surface area contributed by atoms with Gasteiger partial charge < -0.3 is 4.90 Å². The first-order valence-electron chi connectivity index (χ1n) is 22.7. The molecule has 1 spiro atoms. The van der Waals surface area contributed by atoms with Crippen molar-refractivity contribution in [3.63, 3.8) is 0 Å². The van der Waals surface area contributed by atoms with Gasteiger partial charge in [-0.15, -0.1) is 0 Å². The number of pyridine rings is 1. The van der Waals surface area contributed by atoms with E-state index in [1.807, 2.05) is 65.6 Å². The van der Waals surface area contributed by atoms with Crippen molar-refractivity contribution >= 4 is 77.3 Å². The average Bonchev–Trinajstić information content (AvgIpc) is 3.86. The van der Waals surface area contributed by atoms with Crippen LogP contribution >= 0.6 is 0 Å². The van der Waals surface area contributed by atoms with Crippen LogP contribution in [0.4, 0.5) is 43.0 Å². The number of rotatable bonds is 6. The number of hydrogen-bond acceptors (Lipinski definition) is 3. The van der Waals surface area contributed by atoms with E-state index in [0.717, 1.165) is 71.6 Å². The van der Waals surface area contributed by atoms with Crippen molar-refractivity contribution in [2.24, 2.45) is 0 Å². The number of benzene rings is 11. The van der Waals surface area contributed by atoms with Crippen LogP contribution in [0.3, 0.4) is 0 Å². The Morgan fingerprint density at radius 3 is 1.57 bits per heavy atom. The summed E-state index contributed by atoms with van der Waals surface area (Å²) in [4.78, 5) is 8.85. The lowest BCUT2D eigenvalue weighted by atomic mass is 9.70. The van der Waals surface area contributed by atoms with Crippen LogP contribution in [0.25, 0.3) is 65.3 Å². The van der Waals surface area contributed by atoms with E-state index in [1.165, 1.54) is 33.4 Å². The Balaban J connectivity index is 1.04. The minimum Gasteiger partial charge on any atom is -0.306 e. The molecule has 0 N–H and O–H groups in total. The number of anilines is 6. The molecule has 314 valence electrons. The lowest BCUT2D eigenvalue weighted by Gasteiger charge is -2.32. The third-order valence-electron chi connectivity index (χ3n) is 14.4. The molecule has 0 aliphatic heterocycles. The first-order chi connectivity index (χ1) is 33.1. The number of para-hydroxylation sites is 2. The zero-order valence-electron chi connectivity index (χ0n) is 36.0. The summed E-state index contributed by atoms with van der Waals surface area (Å²) in [6.45, 7) is 0. The molecule has 0 unspecified atom stereocenters. The van der Waals surface area contributed by atoms with Crippen LogP contribution < -0.4 is 9.80 Å². The zero-order chi connectivity index (χ0) is 44.4. The van der Waals surface area contributed by atoms with Crippen LogP contribution in [0.15, 0.2) is 225 Å². The van der Waals surface area contributed by atoms with E-state index < -0.39 is 11.2 Å². The van der Waals surface area contributed by atoms with Gasteiger partial charge in [0, 0.05) is 39.0 Å². The van der Waals surface area contributed by atoms with Crippen molar-refractivity contribution in [1.29, 1.82) is 0 Å². The van der Waals surface area contributed by atoms with E-state index in [4.69, 9.17) is 4.98 Å². The van der Waals surface area contributed by atoms with Gasteiger partial charge in [0.2, 0.25) is 0 Å². The van der Waals surface area contributed by atoms with E-state index >= 15 is 8.78 Å². The fourth-order valence-electron chi connectivity index (χ4n) is 11.7. The number of aromatic nitrogens is 1. The highest BCUT2D eigenvalue weighted by atomic mass is 19.1. The fourth-order valence-corrected chi connectivity index (χ4v) is 11.7.